The van der Waals surface area contributed by atoms with E-state index in [2.05, 4.69) is 5.32 Å². The van der Waals surface area contributed by atoms with Crippen molar-refractivity contribution < 1.29 is 10.0 Å². The van der Waals surface area contributed by atoms with Crippen molar-refractivity contribution in [1.29, 1.82) is 5.41 Å². The SMILES string of the molecule is CCC(C)C1C(=O)Nc2ccccc2CN1C(=N)NO. The van der Waals surface area contributed by atoms with Crippen LogP contribution in [0.25, 0.3) is 0 Å². The van der Waals surface area contributed by atoms with Crippen molar-refractivity contribution >= 4 is 17.6 Å². The number of carbonyl (C=O) groups is 1. The highest BCUT2D eigenvalue weighted by Crippen LogP contribution is 2.26. The van der Waals surface area contributed by atoms with E-state index in [0.717, 1.165) is 17.7 Å². The lowest BCUT2D eigenvalue weighted by atomic mass is 9.97. The molecule has 1 aliphatic rings. The number of anilines is 1. The molecule has 0 radical (unpaired) electrons. The number of hydroxylamine groups is 1. The van der Waals surface area contributed by atoms with Gasteiger partial charge in [-0.2, -0.15) is 0 Å². The van der Waals surface area contributed by atoms with Crippen LogP contribution in [0.3, 0.4) is 0 Å². The van der Waals surface area contributed by atoms with Gasteiger partial charge in [0.2, 0.25) is 11.9 Å². The monoisotopic (exact) mass is 276 g/mol. The van der Waals surface area contributed by atoms with Crippen LogP contribution < -0.4 is 10.8 Å². The highest BCUT2D eigenvalue weighted by Gasteiger charge is 2.35. The van der Waals surface area contributed by atoms with Crippen LogP contribution in [0.2, 0.25) is 0 Å². The van der Waals surface area contributed by atoms with E-state index in [-0.39, 0.29) is 17.8 Å². The molecule has 0 fully saturated rings. The van der Waals surface area contributed by atoms with Gasteiger partial charge in [-0.3, -0.25) is 15.4 Å². The maximum absolute atomic E-state index is 12.4. The van der Waals surface area contributed by atoms with Gasteiger partial charge < -0.3 is 10.2 Å². The Kier molecular flexibility index (Phi) is 4.24. The molecule has 2 rings (SSSR count). The Hall–Kier alpha value is -2.08. The summed E-state index contributed by atoms with van der Waals surface area (Å²) in [5.74, 6) is -0.246. The molecular weight excluding hydrogens is 256 g/mol. The Labute approximate surface area is 118 Å². The summed E-state index contributed by atoms with van der Waals surface area (Å²) in [5, 5.41) is 19.8. The highest BCUT2D eigenvalue weighted by atomic mass is 16.5. The van der Waals surface area contributed by atoms with Gasteiger partial charge in [-0.15, -0.1) is 0 Å². The third kappa shape index (κ3) is 2.60. The number of guanidine groups is 1. The van der Waals surface area contributed by atoms with Gasteiger partial charge in [-0.1, -0.05) is 38.5 Å². The van der Waals surface area contributed by atoms with Gasteiger partial charge in [0.05, 0.1) is 0 Å². The van der Waals surface area contributed by atoms with Crippen LogP contribution in [-0.4, -0.2) is 28.0 Å². The minimum Gasteiger partial charge on any atom is -0.325 e. The molecule has 0 bridgehead atoms. The zero-order valence-electron chi connectivity index (χ0n) is 11.7. The van der Waals surface area contributed by atoms with Gasteiger partial charge in [-0.25, -0.2) is 5.48 Å². The fraction of sp³-hybridized carbons (Fsp3) is 0.429. The molecule has 0 aliphatic carbocycles. The number of amides is 1. The molecule has 0 spiro atoms. The van der Waals surface area contributed by atoms with Crippen molar-refractivity contribution in [2.24, 2.45) is 5.92 Å². The lowest BCUT2D eigenvalue weighted by Crippen LogP contribution is -2.52. The average molecular weight is 276 g/mol. The van der Waals surface area contributed by atoms with Gasteiger partial charge in [0, 0.05) is 12.2 Å². The van der Waals surface area contributed by atoms with Crippen molar-refractivity contribution in [3.05, 3.63) is 29.8 Å². The van der Waals surface area contributed by atoms with Crippen LogP contribution >= 0.6 is 0 Å². The van der Waals surface area contributed by atoms with Crippen LogP contribution in [-0.2, 0) is 11.3 Å². The number of fused-ring (bicyclic) bond motifs is 1. The quantitative estimate of drug-likeness (QED) is 0.376. The zero-order chi connectivity index (χ0) is 14.7. The van der Waals surface area contributed by atoms with Crippen molar-refractivity contribution in [3.63, 3.8) is 0 Å². The summed E-state index contributed by atoms with van der Waals surface area (Å²) >= 11 is 0. The Morgan fingerprint density at radius 1 is 1.60 bits per heavy atom. The number of rotatable bonds is 2. The van der Waals surface area contributed by atoms with Crippen molar-refractivity contribution in [3.8, 4) is 0 Å². The number of nitrogens with zero attached hydrogens (tertiary/aromatic N) is 1. The summed E-state index contributed by atoms with van der Waals surface area (Å²) in [6.45, 7) is 4.37. The number of hydrogen-bond acceptors (Lipinski definition) is 3. The molecule has 0 aromatic heterocycles. The van der Waals surface area contributed by atoms with Gasteiger partial charge in [0.15, 0.2) is 0 Å². The Balaban J connectivity index is 2.42. The van der Waals surface area contributed by atoms with Gasteiger partial charge in [0.25, 0.3) is 0 Å². The second-order valence-corrected chi connectivity index (χ2v) is 5.07. The first kappa shape index (κ1) is 14.3. The molecule has 20 heavy (non-hydrogen) atoms. The van der Waals surface area contributed by atoms with Crippen molar-refractivity contribution in [2.45, 2.75) is 32.9 Å². The summed E-state index contributed by atoms with van der Waals surface area (Å²) in [5.41, 5.74) is 3.54. The second kappa shape index (κ2) is 5.92. The van der Waals surface area contributed by atoms with E-state index in [1.54, 1.807) is 4.90 Å². The molecule has 2 atom stereocenters. The first-order valence-electron chi connectivity index (χ1n) is 6.72. The number of benzene rings is 1. The molecule has 1 amide bonds. The largest absolute Gasteiger partial charge is 0.325 e. The minimum absolute atomic E-state index is 0.0676. The van der Waals surface area contributed by atoms with Crippen LogP contribution in [0, 0.1) is 11.3 Å². The average Bonchev–Trinajstić information content (AvgIpc) is 2.61. The van der Waals surface area contributed by atoms with Crippen LogP contribution in [0.5, 0.6) is 0 Å². The smallest absolute Gasteiger partial charge is 0.247 e. The minimum atomic E-state index is -0.487. The van der Waals surface area contributed by atoms with E-state index in [9.17, 15) is 4.79 Å². The predicted octanol–water partition coefficient (Wildman–Crippen LogP) is 1.77. The summed E-state index contributed by atoms with van der Waals surface area (Å²) in [6, 6.07) is 7.03. The second-order valence-electron chi connectivity index (χ2n) is 5.07. The lowest BCUT2D eigenvalue weighted by Gasteiger charge is -2.33. The number of carbonyl (C=O) groups excluding carboxylic acids is 1. The number of nitrogens with one attached hydrogen (secondary N) is 3. The van der Waals surface area contributed by atoms with Gasteiger partial charge in [0.1, 0.15) is 6.04 Å². The fourth-order valence-electron chi connectivity index (χ4n) is 2.48. The number of para-hydroxylation sites is 1. The maximum atomic E-state index is 12.4. The summed E-state index contributed by atoms with van der Waals surface area (Å²) in [4.78, 5) is 14.0. The molecule has 108 valence electrons. The molecule has 4 N–H and O–H groups in total. The molecule has 1 aromatic rings. The molecule has 1 heterocycles. The van der Waals surface area contributed by atoms with Crippen LogP contribution in [0.1, 0.15) is 25.8 Å². The van der Waals surface area contributed by atoms with Crippen molar-refractivity contribution in [2.75, 3.05) is 5.32 Å². The third-order valence-corrected chi connectivity index (χ3v) is 3.80. The molecular formula is C14H20N4O2. The molecule has 1 aliphatic heterocycles. The van der Waals surface area contributed by atoms with E-state index in [1.807, 2.05) is 43.6 Å². The molecule has 2 unspecified atom stereocenters. The Morgan fingerprint density at radius 2 is 2.30 bits per heavy atom. The highest BCUT2D eigenvalue weighted by molar-refractivity contribution is 5.99. The van der Waals surface area contributed by atoms with Crippen LogP contribution in [0.15, 0.2) is 24.3 Å². The summed E-state index contributed by atoms with van der Waals surface area (Å²) in [6.07, 6.45) is 0.809. The predicted molar refractivity (Wildman–Crippen MR) is 76.5 cm³/mol. The molecule has 6 heteroatoms. The molecule has 6 nitrogen and oxygen atoms in total. The molecule has 0 saturated heterocycles. The van der Waals surface area contributed by atoms with Gasteiger partial charge >= 0.3 is 0 Å². The standard InChI is InChI=1S/C14H20N4O2/c1-3-9(2)12-13(19)16-11-7-5-4-6-10(11)8-18(12)14(15)17-20/h4-7,9,12,20H,3,8H2,1-2H3,(H2,15,17)(H,16,19). The van der Waals surface area contributed by atoms with E-state index in [1.165, 1.54) is 0 Å². The van der Waals surface area contributed by atoms with E-state index >= 15 is 0 Å². The lowest BCUT2D eigenvalue weighted by molar-refractivity contribution is -0.121. The first-order chi connectivity index (χ1) is 9.58. The molecule has 0 saturated carbocycles. The fourth-order valence-corrected chi connectivity index (χ4v) is 2.48. The zero-order valence-corrected chi connectivity index (χ0v) is 11.7. The van der Waals surface area contributed by atoms with Crippen LogP contribution in [0.4, 0.5) is 5.69 Å². The van der Waals surface area contributed by atoms with E-state index in [4.69, 9.17) is 10.6 Å². The normalized spacial score (nSPS) is 19.6. The Morgan fingerprint density at radius 3 is 2.95 bits per heavy atom. The Bertz CT molecular complexity index is 518. The third-order valence-electron chi connectivity index (χ3n) is 3.80. The van der Waals surface area contributed by atoms with Crippen molar-refractivity contribution in [1.82, 2.24) is 10.4 Å². The number of hydrogen-bond donors (Lipinski definition) is 4. The van der Waals surface area contributed by atoms with Gasteiger partial charge in [-0.05, 0) is 17.5 Å². The summed E-state index contributed by atoms with van der Waals surface area (Å²) in [7, 11) is 0. The van der Waals surface area contributed by atoms with E-state index in [0.29, 0.717) is 6.54 Å². The first-order valence-corrected chi connectivity index (χ1v) is 6.72. The topological polar surface area (TPSA) is 88.5 Å². The van der Waals surface area contributed by atoms with E-state index < -0.39 is 6.04 Å². The molecule has 1 aromatic carbocycles. The maximum Gasteiger partial charge on any atom is 0.247 e. The summed E-state index contributed by atoms with van der Waals surface area (Å²) < 4.78 is 0.